The zero-order chi connectivity index (χ0) is 73.6. The van der Waals surface area contributed by atoms with Crippen molar-refractivity contribution in [2.75, 3.05) is 88.1 Å². The van der Waals surface area contributed by atoms with Crippen molar-refractivity contribution in [1.29, 1.82) is 0 Å². The minimum atomic E-state index is -0.817. The molecule has 6 atom stereocenters. The molecule has 6 aromatic rings. The molecule has 4 aliphatic rings. The molecule has 18 heteroatoms. The highest BCUT2D eigenvalue weighted by molar-refractivity contribution is 7.99. The highest BCUT2D eigenvalue weighted by Gasteiger charge is 2.45. The number of amides is 3. The first kappa shape index (κ1) is 79.9. The summed E-state index contributed by atoms with van der Waals surface area (Å²) < 4.78 is 5.60. The number of aliphatic hydroxyl groups is 1. The van der Waals surface area contributed by atoms with Crippen molar-refractivity contribution in [3.63, 3.8) is 0 Å². The Morgan fingerprint density at radius 1 is 0.769 bits per heavy atom. The Bertz CT molecular complexity index is 3770. The summed E-state index contributed by atoms with van der Waals surface area (Å²) in [7, 11) is 0. The zero-order valence-corrected chi connectivity index (χ0v) is 65.4. The molecular weight excluding hydrogens is 1360 g/mol. The van der Waals surface area contributed by atoms with Crippen molar-refractivity contribution in [2.24, 2.45) is 16.7 Å². The molecule has 1 aromatic heterocycles. The topological polar surface area (TPSA) is 177 Å². The van der Waals surface area contributed by atoms with Crippen LogP contribution in [0.5, 0.6) is 0 Å². The summed E-state index contributed by atoms with van der Waals surface area (Å²) in [4.78, 5) is 84.4. The van der Waals surface area contributed by atoms with Crippen molar-refractivity contribution in [1.82, 2.24) is 30.3 Å². The lowest BCUT2D eigenvalue weighted by atomic mass is 9.69. The van der Waals surface area contributed by atoms with Crippen LogP contribution in [-0.2, 0) is 30.5 Å². The number of morpholine rings is 1. The second kappa shape index (κ2) is 39.2. The number of halogens is 1. The molecule has 0 bridgehead atoms. The minimum Gasteiger partial charge on any atom is -0.391 e. The van der Waals surface area contributed by atoms with Gasteiger partial charge in [0.1, 0.15) is 17.6 Å². The van der Waals surface area contributed by atoms with E-state index in [-0.39, 0.29) is 54.3 Å². The van der Waals surface area contributed by atoms with Gasteiger partial charge in [-0.25, -0.2) is 4.98 Å². The van der Waals surface area contributed by atoms with E-state index in [9.17, 15) is 29.1 Å². The Morgan fingerprint density at radius 3 is 2.09 bits per heavy atom. The van der Waals surface area contributed by atoms with Gasteiger partial charge in [0.25, 0.3) is 5.91 Å². The van der Waals surface area contributed by atoms with Crippen molar-refractivity contribution in [2.45, 2.75) is 206 Å². The summed E-state index contributed by atoms with van der Waals surface area (Å²) in [6.07, 6.45) is 15.4. The number of allylic oxidation sites excluding steroid dienone is 1. The number of Topliss-reactive ketones (excluding diaryl/α,β-unsaturated/α-hetero) is 2. The molecule has 0 saturated carbocycles. The van der Waals surface area contributed by atoms with Crippen LogP contribution in [0.25, 0.3) is 16.0 Å². The average Bonchev–Trinajstić information content (AvgIpc) is 0.871. The van der Waals surface area contributed by atoms with Crippen molar-refractivity contribution < 1.29 is 33.8 Å². The van der Waals surface area contributed by atoms with Crippen LogP contribution in [0.4, 0.5) is 11.4 Å². The standard InChI is InChI=1S/C86H115ClN8O7S2/c1-61-52-64(24-37-79(61)91-71(40-43-92-48-50-102-51-49-92)59-103-76-22-18-15-19-23-76)56-88-82(99)68-31-35-72(36-32-68)94-46-44-93(45-47-94)57-69-55-86(7,42-39-77(69)66-29-33-70(87)34-30-66)41-38-73(96)20-16-13-11-9-8-10-12-14-17-21-74(97)53-78(85(4,5)6)84(101)95-58-75(98)54-80(95)83(100)90-62(2)65-25-27-67(28-26-65)81-63(3)89-60-104-81/h15,18-19,22-37,52,60,62,71,75,78,80,91,98H,8-14,16-17,20-21,38-51,53-59H2,1-7H3,(H,88,99)(H,90,100)/t62-,71+,75+,78+,80-,86?/m0/s1. The number of piperazine rings is 1. The van der Waals surface area contributed by atoms with Crippen molar-refractivity contribution in [3.05, 3.63) is 171 Å². The number of aliphatic hydroxyl groups excluding tert-OH is 1. The summed E-state index contributed by atoms with van der Waals surface area (Å²) in [5, 5.41) is 21.7. The van der Waals surface area contributed by atoms with Gasteiger partial charge in [-0.15, -0.1) is 23.1 Å². The van der Waals surface area contributed by atoms with Gasteiger partial charge in [0.2, 0.25) is 11.8 Å². The largest absolute Gasteiger partial charge is 0.391 e. The molecule has 1 unspecified atom stereocenters. The molecule has 5 aromatic carbocycles. The van der Waals surface area contributed by atoms with Crippen LogP contribution < -0.4 is 20.9 Å². The van der Waals surface area contributed by atoms with E-state index in [2.05, 4.69) is 122 Å². The minimum absolute atomic E-state index is 0.0510. The molecule has 560 valence electrons. The highest BCUT2D eigenvalue weighted by Crippen LogP contribution is 2.46. The molecular formula is C86H115ClN8O7S2. The molecule has 4 N–H and O–H groups in total. The Kier molecular flexibility index (Phi) is 30.1. The molecule has 0 radical (unpaired) electrons. The second-order valence-electron chi connectivity index (χ2n) is 31.3. The average molecular weight is 1470 g/mol. The fraction of sp³-hybridized carbons (Fsp3) is 0.535. The zero-order valence-electron chi connectivity index (χ0n) is 63.0. The third-order valence-corrected chi connectivity index (χ3v) is 24.5. The Hall–Kier alpha value is -6.70. The van der Waals surface area contributed by atoms with Gasteiger partial charge < -0.3 is 35.6 Å². The van der Waals surface area contributed by atoms with Gasteiger partial charge in [-0.2, -0.15) is 0 Å². The lowest BCUT2D eigenvalue weighted by Gasteiger charge is -2.41. The fourth-order valence-corrected chi connectivity index (χ4v) is 17.4. The highest BCUT2D eigenvalue weighted by atomic mass is 35.5. The van der Waals surface area contributed by atoms with E-state index < -0.39 is 23.5 Å². The summed E-state index contributed by atoms with van der Waals surface area (Å²) in [6.45, 7) is 24.1. The van der Waals surface area contributed by atoms with E-state index in [1.54, 1.807) is 11.3 Å². The third-order valence-electron chi connectivity index (χ3n) is 22.1. The number of unbranched alkanes of at least 4 members (excludes halogenated alkanes) is 8. The van der Waals surface area contributed by atoms with Gasteiger partial charge in [-0.1, -0.05) is 157 Å². The number of carbonyl (C=O) groups excluding carboxylic acids is 5. The number of ether oxygens (including phenoxy) is 1. The van der Waals surface area contributed by atoms with Gasteiger partial charge in [-0.3, -0.25) is 33.8 Å². The molecule has 10 rings (SSSR count). The van der Waals surface area contributed by atoms with Gasteiger partial charge in [0.15, 0.2) is 0 Å². The molecule has 15 nitrogen and oxygen atoms in total. The van der Waals surface area contributed by atoms with Crippen LogP contribution >= 0.6 is 34.7 Å². The van der Waals surface area contributed by atoms with E-state index in [1.807, 2.05) is 100 Å². The molecule has 3 amide bonds. The van der Waals surface area contributed by atoms with E-state index in [1.165, 1.54) is 32.1 Å². The van der Waals surface area contributed by atoms with Crippen LogP contribution in [-0.4, -0.2) is 150 Å². The SMILES string of the molecule is Cc1cc(CNC(=O)c2ccc(N3CCN(CC4=C(c5ccc(Cl)cc5)CCC(C)(CCC(=O)CCCCCCCCCCCC(=O)C[C@H](C(=O)N5C[C@H](O)C[C@H]5C(=O)N[C@@H](C)c5ccc(-c6scnc6C)cc5)C(C)(C)C)C4)CC3)cc2)ccc1N[C@H](CCN1CCOCC1)CSc1ccccc1. The van der Waals surface area contributed by atoms with Gasteiger partial charge in [-0.05, 0) is 165 Å². The van der Waals surface area contributed by atoms with E-state index in [0.29, 0.717) is 43.2 Å². The summed E-state index contributed by atoms with van der Waals surface area (Å²) in [6, 6.07) is 40.7. The first-order chi connectivity index (χ1) is 50.1. The van der Waals surface area contributed by atoms with E-state index in [0.717, 1.165) is 205 Å². The molecule has 104 heavy (non-hydrogen) atoms. The summed E-state index contributed by atoms with van der Waals surface area (Å²) in [5.74, 6) is 0.174. The number of anilines is 2. The molecule has 4 heterocycles. The number of nitrogens with zero attached hydrogens (tertiary/aromatic N) is 5. The fourth-order valence-electron chi connectivity index (χ4n) is 15.5. The molecule has 1 aliphatic carbocycles. The van der Waals surface area contributed by atoms with Crippen molar-refractivity contribution in [3.8, 4) is 10.4 Å². The normalized spacial score (nSPS) is 19.2. The van der Waals surface area contributed by atoms with Crippen LogP contribution in [0.15, 0.2) is 137 Å². The number of aromatic nitrogens is 1. The third kappa shape index (κ3) is 23.9. The molecule has 0 spiro atoms. The van der Waals surface area contributed by atoms with Gasteiger partial charge in [0, 0.05) is 142 Å². The van der Waals surface area contributed by atoms with Crippen molar-refractivity contribution >= 4 is 80.9 Å². The number of β-amino-alcohol motifs (C(OH)–C–C–N with tert-alkyl or cyclic N) is 1. The maximum Gasteiger partial charge on any atom is 0.251 e. The summed E-state index contributed by atoms with van der Waals surface area (Å²) >= 11 is 9.89. The number of carbonyl (C=O) groups is 5. The first-order valence-electron chi connectivity index (χ1n) is 38.6. The number of thioether (sulfide) groups is 1. The number of ketones is 2. The molecule has 3 aliphatic heterocycles. The lowest BCUT2D eigenvalue weighted by molar-refractivity contribution is -0.146. The number of benzene rings is 5. The van der Waals surface area contributed by atoms with Gasteiger partial charge in [0.05, 0.1) is 41.4 Å². The Morgan fingerprint density at radius 2 is 1.43 bits per heavy atom. The number of hydrogen-bond donors (Lipinski definition) is 4. The Balaban J connectivity index is 0.595. The van der Waals surface area contributed by atoms with Crippen LogP contribution in [0.3, 0.4) is 0 Å². The number of rotatable bonds is 37. The smallest absolute Gasteiger partial charge is 0.251 e. The monoisotopic (exact) mass is 1470 g/mol. The maximum atomic E-state index is 14.3. The number of thiazole rings is 1. The number of aryl methyl sites for hydroxylation is 2. The van der Waals surface area contributed by atoms with E-state index >= 15 is 0 Å². The lowest BCUT2D eigenvalue weighted by Crippen LogP contribution is -2.50. The Labute approximate surface area is 633 Å². The van der Waals surface area contributed by atoms with E-state index in [4.69, 9.17) is 16.3 Å². The quantitative estimate of drug-likeness (QED) is 0.0214. The number of hydrogen-bond acceptors (Lipinski definition) is 14. The molecule has 3 saturated heterocycles. The first-order valence-corrected chi connectivity index (χ1v) is 40.9. The maximum absolute atomic E-state index is 14.3. The second-order valence-corrected chi connectivity index (χ2v) is 33.7. The number of likely N-dealkylation sites (tertiary alicyclic amines) is 1. The number of nitrogens with one attached hydrogen (secondary N) is 3. The predicted molar refractivity (Wildman–Crippen MR) is 427 cm³/mol. The predicted octanol–water partition coefficient (Wildman–Crippen LogP) is 17.2. The summed E-state index contributed by atoms with van der Waals surface area (Å²) in [5.41, 5.74) is 13.7. The van der Waals surface area contributed by atoms with Crippen LogP contribution in [0, 0.1) is 30.6 Å². The van der Waals surface area contributed by atoms with Gasteiger partial charge >= 0.3 is 0 Å². The van der Waals surface area contributed by atoms with Crippen LogP contribution in [0.2, 0.25) is 5.02 Å². The van der Waals surface area contributed by atoms with Crippen LogP contribution in [0.1, 0.15) is 201 Å². The molecule has 3 fully saturated rings.